The average Bonchev–Trinajstić information content (AvgIpc) is 3.30. The summed E-state index contributed by atoms with van der Waals surface area (Å²) in [7, 11) is 0. The van der Waals surface area contributed by atoms with E-state index < -0.39 is 0 Å². The average molecular weight is 425 g/mol. The summed E-state index contributed by atoms with van der Waals surface area (Å²) in [6, 6.07) is 19.7. The number of nitrogens with zero attached hydrogens (tertiary/aromatic N) is 6. The summed E-state index contributed by atoms with van der Waals surface area (Å²) in [5, 5.41) is 4.83. The van der Waals surface area contributed by atoms with Gasteiger partial charge in [0.15, 0.2) is 0 Å². The van der Waals surface area contributed by atoms with Crippen molar-refractivity contribution in [1.29, 1.82) is 0 Å². The van der Waals surface area contributed by atoms with Crippen LogP contribution < -0.4 is 4.90 Å². The number of rotatable bonds is 4. The Kier molecular flexibility index (Phi) is 5.37. The molecule has 0 unspecified atom stereocenters. The van der Waals surface area contributed by atoms with Crippen molar-refractivity contribution in [3.63, 3.8) is 0 Å². The fourth-order valence-electron chi connectivity index (χ4n) is 4.02. The zero-order chi connectivity index (χ0) is 21.9. The van der Waals surface area contributed by atoms with Gasteiger partial charge >= 0.3 is 0 Å². The summed E-state index contributed by atoms with van der Waals surface area (Å²) >= 11 is 0. The Morgan fingerprint density at radius 3 is 2.25 bits per heavy atom. The van der Waals surface area contributed by atoms with Crippen molar-refractivity contribution in [2.45, 2.75) is 6.92 Å². The van der Waals surface area contributed by atoms with Crippen molar-refractivity contribution in [3.05, 3.63) is 90.4 Å². The number of para-hydroxylation sites is 1. The van der Waals surface area contributed by atoms with Gasteiger partial charge in [0.2, 0.25) is 5.95 Å². The van der Waals surface area contributed by atoms with Gasteiger partial charge in [-0.2, -0.15) is 5.10 Å². The molecule has 0 bridgehead atoms. The van der Waals surface area contributed by atoms with Crippen LogP contribution in [0.1, 0.15) is 15.9 Å². The molecule has 0 spiro atoms. The maximum Gasteiger partial charge on any atom is 0.257 e. The molecule has 1 fully saturated rings. The summed E-state index contributed by atoms with van der Waals surface area (Å²) < 4.78 is 1.79. The van der Waals surface area contributed by atoms with E-state index in [1.807, 2.05) is 72.6 Å². The van der Waals surface area contributed by atoms with Crippen LogP contribution in [0, 0.1) is 6.92 Å². The minimum atomic E-state index is -0.000866. The first-order valence-corrected chi connectivity index (χ1v) is 10.7. The first kappa shape index (κ1) is 19.9. The number of hydrogen-bond acceptors (Lipinski definition) is 5. The molecule has 2 aromatic heterocycles. The lowest BCUT2D eigenvalue weighted by Crippen LogP contribution is -2.49. The normalized spacial score (nSPS) is 13.9. The molecule has 2 aromatic carbocycles. The van der Waals surface area contributed by atoms with E-state index in [1.54, 1.807) is 23.1 Å². The number of piperazine rings is 1. The summed E-state index contributed by atoms with van der Waals surface area (Å²) in [5.41, 5.74) is 4.32. The molecule has 160 valence electrons. The largest absolute Gasteiger partial charge is 0.337 e. The molecule has 0 aliphatic carbocycles. The minimum absolute atomic E-state index is 0.000866. The van der Waals surface area contributed by atoms with Gasteiger partial charge in [-0.1, -0.05) is 42.5 Å². The fourth-order valence-corrected chi connectivity index (χ4v) is 4.02. The van der Waals surface area contributed by atoms with E-state index in [4.69, 9.17) is 5.10 Å². The lowest BCUT2D eigenvalue weighted by molar-refractivity contribution is 0.0747. The third-order valence-electron chi connectivity index (χ3n) is 5.77. The van der Waals surface area contributed by atoms with Crippen LogP contribution in [0.2, 0.25) is 0 Å². The Bertz CT molecular complexity index is 1210. The molecule has 1 aliphatic rings. The Morgan fingerprint density at radius 1 is 0.844 bits per heavy atom. The highest BCUT2D eigenvalue weighted by atomic mass is 16.2. The van der Waals surface area contributed by atoms with Crippen molar-refractivity contribution in [1.82, 2.24) is 24.6 Å². The third kappa shape index (κ3) is 3.85. The number of aryl methyl sites for hydroxylation is 1. The Balaban J connectivity index is 1.45. The maximum atomic E-state index is 13.6. The number of aromatic nitrogens is 4. The predicted molar refractivity (Wildman–Crippen MR) is 124 cm³/mol. The molecule has 5 rings (SSSR count). The highest BCUT2D eigenvalue weighted by molar-refractivity contribution is 6.00. The molecule has 1 amide bonds. The summed E-state index contributed by atoms with van der Waals surface area (Å²) in [6.45, 7) is 4.66. The third-order valence-corrected chi connectivity index (χ3v) is 5.77. The van der Waals surface area contributed by atoms with Crippen LogP contribution in [-0.2, 0) is 0 Å². The van der Waals surface area contributed by atoms with Gasteiger partial charge in [-0.05, 0) is 30.7 Å². The number of benzene rings is 2. The van der Waals surface area contributed by atoms with Gasteiger partial charge in [0.25, 0.3) is 5.91 Å². The van der Waals surface area contributed by atoms with E-state index in [-0.39, 0.29) is 5.91 Å². The molecule has 1 saturated heterocycles. The first-order chi connectivity index (χ1) is 15.7. The highest BCUT2D eigenvalue weighted by Gasteiger charge is 2.27. The molecule has 3 heterocycles. The predicted octanol–water partition coefficient (Wildman–Crippen LogP) is 3.60. The zero-order valence-electron chi connectivity index (χ0n) is 17.9. The maximum absolute atomic E-state index is 13.6. The van der Waals surface area contributed by atoms with Gasteiger partial charge < -0.3 is 9.80 Å². The van der Waals surface area contributed by atoms with Gasteiger partial charge in [0.05, 0.1) is 11.3 Å². The Labute approximate surface area is 187 Å². The van der Waals surface area contributed by atoms with Crippen LogP contribution in [0.3, 0.4) is 0 Å². The van der Waals surface area contributed by atoms with Crippen molar-refractivity contribution in [2.75, 3.05) is 31.1 Å². The SMILES string of the molecule is Cc1ccccc1-c1nn(-c2ccccc2)cc1C(=O)N1CCN(c2ncccn2)CC1. The summed E-state index contributed by atoms with van der Waals surface area (Å²) in [5.74, 6) is 0.705. The Hall–Kier alpha value is -4.00. The number of amides is 1. The topological polar surface area (TPSA) is 67.2 Å². The first-order valence-electron chi connectivity index (χ1n) is 10.7. The van der Waals surface area contributed by atoms with Gasteiger partial charge in [-0.15, -0.1) is 0 Å². The lowest BCUT2D eigenvalue weighted by atomic mass is 10.0. The molecule has 7 heteroatoms. The molecule has 32 heavy (non-hydrogen) atoms. The van der Waals surface area contributed by atoms with Crippen molar-refractivity contribution in [3.8, 4) is 16.9 Å². The van der Waals surface area contributed by atoms with Crippen molar-refractivity contribution >= 4 is 11.9 Å². The van der Waals surface area contributed by atoms with Crippen LogP contribution in [0.15, 0.2) is 79.3 Å². The zero-order valence-corrected chi connectivity index (χ0v) is 17.9. The highest BCUT2D eigenvalue weighted by Crippen LogP contribution is 2.28. The second-order valence-corrected chi connectivity index (χ2v) is 7.81. The van der Waals surface area contributed by atoms with E-state index in [0.29, 0.717) is 43.4 Å². The number of anilines is 1. The molecule has 0 N–H and O–H groups in total. The molecule has 4 aromatic rings. The number of hydrogen-bond donors (Lipinski definition) is 0. The molecule has 0 radical (unpaired) electrons. The summed E-state index contributed by atoms with van der Waals surface area (Å²) in [4.78, 5) is 26.3. The second-order valence-electron chi connectivity index (χ2n) is 7.81. The van der Waals surface area contributed by atoms with E-state index >= 15 is 0 Å². The smallest absolute Gasteiger partial charge is 0.257 e. The number of carbonyl (C=O) groups excluding carboxylic acids is 1. The van der Waals surface area contributed by atoms with Gasteiger partial charge in [0, 0.05) is 50.3 Å². The van der Waals surface area contributed by atoms with Gasteiger partial charge in [0.1, 0.15) is 5.69 Å². The number of carbonyl (C=O) groups is 1. The van der Waals surface area contributed by atoms with E-state index in [1.165, 1.54) is 0 Å². The van der Waals surface area contributed by atoms with Crippen molar-refractivity contribution in [2.24, 2.45) is 0 Å². The molecule has 0 saturated carbocycles. The molecule has 1 aliphatic heterocycles. The Morgan fingerprint density at radius 2 is 1.53 bits per heavy atom. The van der Waals surface area contributed by atoms with Crippen molar-refractivity contribution < 1.29 is 4.79 Å². The quantitative estimate of drug-likeness (QED) is 0.501. The molecular formula is C25H24N6O. The lowest BCUT2D eigenvalue weighted by Gasteiger charge is -2.34. The molecule has 7 nitrogen and oxygen atoms in total. The van der Waals surface area contributed by atoms with Crippen LogP contribution in [0.25, 0.3) is 16.9 Å². The van der Waals surface area contributed by atoms with Crippen LogP contribution in [-0.4, -0.2) is 56.7 Å². The van der Waals surface area contributed by atoms with E-state index in [2.05, 4.69) is 14.9 Å². The standard InChI is InChI=1S/C25H24N6O/c1-19-8-5-6-11-21(19)23-22(18-31(28-23)20-9-3-2-4-10-20)24(32)29-14-16-30(17-15-29)25-26-12-7-13-27-25/h2-13,18H,14-17H2,1H3. The second kappa shape index (κ2) is 8.63. The van der Waals surface area contributed by atoms with Crippen LogP contribution >= 0.6 is 0 Å². The fraction of sp³-hybridized carbons (Fsp3) is 0.200. The monoisotopic (exact) mass is 424 g/mol. The minimum Gasteiger partial charge on any atom is -0.337 e. The summed E-state index contributed by atoms with van der Waals surface area (Å²) in [6.07, 6.45) is 5.34. The van der Waals surface area contributed by atoms with Gasteiger partial charge in [-0.25, -0.2) is 14.6 Å². The van der Waals surface area contributed by atoms with Crippen LogP contribution in [0.4, 0.5) is 5.95 Å². The van der Waals surface area contributed by atoms with Crippen LogP contribution in [0.5, 0.6) is 0 Å². The van der Waals surface area contributed by atoms with E-state index in [0.717, 1.165) is 16.8 Å². The molecular weight excluding hydrogens is 400 g/mol. The molecule has 0 atom stereocenters. The van der Waals surface area contributed by atoms with Gasteiger partial charge in [-0.3, -0.25) is 4.79 Å². The van der Waals surface area contributed by atoms with E-state index in [9.17, 15) is 4.79 Å².